The van der Waals surface area contributed by atoms with Crippen LogP contribution in [0.1, 0.15) is 24.2 Å². The second kappa shape index (κ2) is 6.25. The van der Waals surface area contributed by atoms with E-state index in [2.05, 4.69) is 28.2 Å². The highest BCUT2D eigenvalue weighted by molar-refractivity contribution is 5.87. The lowest BCUT2D eigenvalue weighted by Gasteiger charge is -2.15. The molecule has 106 valence electrons. The molecule has 0 bridgehead atoms. The van der Waals surface area contributed by atoms with Crippen LogP contribution in [0.25, 0.3) is 0 Å². The Bertz CT molecular complexity index is 574. The van der Waals surface area contributed by atoms with Crippen LogP contribution < -0.4 is 16.4 Å². The molecule has 2 aromatic rings. The minimum absolute atomic E-state index is 0.229. The van der Waals surface area contributed by atoms with E-state index in [1.807, 2.05) is 43.6 Å². The van der Waals surface area contributed by atoms with Gasteiger partial charge in [0.25, 0.3) is 0 Å². The number of nitrogens with two attached hydrogens (primary N) is 1. The summed E-state index contributed by atoms with van der Waals surface area (Å²) < 4.78 is 2.10. The van der Waals surface area contributed by atoms with Crippen molar-refractivity contribution in [1.29, 1.82) is 0 Å². The van der Waals surface area contributed by atoms with E-state index in [4.69, 9.17) is 5.73 Å². The summed E-state index contributed by atoms with van der Waals surface area (Å²) in [5, 5.41) is 6.02. The van der Waals surface area contributed by atoms with Gasteiger partial charge in [-0.25, -0.2) is 4.79 Å². The lowest BCUT2D eigenvalue weighted by molar-refractivity contribution is 0.259. The molecular formula is C15H20N4O. The number of aromatic nitrogens is 1. The first-order valence-corrected chi connectivity index (χ1v) is 6.56. The molecule has 1 atom stereocenters. The Morgan fingerprint density at radius 3 is 2.55 bits per heavy atom. The summed E-state index contributed by atoms with van der Waals surface area (Å²) in [5.74, 6) is 0. The van der Waals surface area contributed by atoms with Gasteiger partial charge in [0.1, 0.15) is 0 Å². The van der Waals surface area contributed by atoms with Crippen LogP contribution in [0.15, 0.2) is 42.6 Å². The zero-order chi connectivity index (χ0) is 14.5. The molecule has 1 aromatic heterocycles. The quantitative estimate of drug-likeness (QED) is 0.782. The third-order valence-electron chi connectivity index (χ3n) is 3.32. The first-order chi connectivity index (χ1) is 9.56. The number of nitrogens with one attached hydrogen (secondary N) is 2. The molecule has 2 amide bonds. The third-order valence-corrected chi connectivity index (χ3v) is 3.32. The van der Waals surface area contributed by atoms with Crippen molar-refractivity contribution in [2.45, 2.75) is 19.5 Å². The molecule has 5 nitrogen and oxygen atoms in total. The van der Waals surface area contributed by atoms with Gasteiger partial charge in [0.05, 0.1) is 0 Å². The monoisotopic (exact) mass is 272 g/mol. The second-order valence-electron chi connectivity index (χ2n) is 4.82. The molecule has 0 radical (unpaired) electrons. The predicted octanol–water partition coefficient (Wildman–Crippen LogP) is 2.37. The number of anilines is 1. The van der Waals surface area contributed by atoms with E-state index in [0.29, 0.717) is 5.69 Å². The van der Waals surface area contributed by atoms with Gasteiger partial charge in [-0.1, -0.05) is 12.1 Å². The van der Waals surface area contributed by atoms with E-state index in [-0.39, 0.29) is 6.04 Å². The average molecular weight is 272 g/mol. The number of hydrogen-bond donors (Lipinski definition) is 3. The van der Waals surface area contributed by atoms with E-state index < -0.39 is 6.03 Å². The van der Waals surface area contributed by atoms with Gasteiger partial charge in [0.2, 0.25) is 0 Å². The number of urea groups is 1. The molecule has 1 aromatic carbocycles. The lowest BCUT2D eigenvalue weighted by atomic mass is 10.1. The molecule has 1 heterocycles. The Kier molecular flexibility index (Phi) is 4.42. The van der Waals surface area contributed by atoms with Gasteiger partial charge in [-0.2, -0.15) is 0 Å². The maximum absolute atomic E-state index is 10.7. The van der Waals surface area contributed by atoms with Crippen LogP contribution in [0.5, 0.6) is 0 Å². The fraction of sp³-hybridized carbons (Fsp3) is 0.267. The first kappa shape index (κ1) is 14.1. The number of aryl methyl sites for hydroxylation is 1. The van der Waals surface area contributed by atoms with E-state index in [1.54, 1.807) is 0 Å². The number of rotatable bonds is 5. The molecule has 5 heteroatoms. The molecular weight excluding hydrogens is 252 g/mol. The number of amides is 2. The topological polar surface area (TPSA) is 72.1 Å². The highest BCUT2D eigenvalue weighted by atomic mass is 16.2. The minimum atomic E-state index is -0.548. The number of carbonyl (C=O) groups excluding carboxylic acids is 1. The zero-order valence-electron chi connectivity index (χ0n) is 11.8. The molecule has 2 rings (SSSR count). The highest BCUT2D eigenvalue weighted by Gasteiger charge is 2.06. The van der Waals surface area contributed by atoms with Crippen LogP contribution in [0.4, 0.5) is 10.5 Å². The fourth-order valence-electron chi connectivity index (χ4n) is 2.05. The van der Waals surface area contributed by atoms with Gasteiger partial charge in [-0.15, -0.1) is 0 Å². The maximum Gasteiger partial charge on any atom is 0.316 e. The standard InChI is InChI=1S/C15H20N4O/c1-11(17-10-14-4-3-9-19(14)2)12-5-7-13(8-6-12)18-15(16)20/h3-9,11,17H,10H2,1-2H3,(H3,16,18,20). The van der Waals surface area contributed by atoms with E-state index in [1.165, 1.54) is 5.69 Å². The molecule has 0 spiro atoms. The van der Waals surface area contributed by atoms with Crippen molar-refractivity contribution in [3.05, 3.63) is 53.9 Å². The Labute approximate surface area is 118 Å². The van der Waals surface area contributed by atoms with Gasteiger partial charge in [-0.3, -0.25) is 0 Å². The predicted molar refractivity (Wildman–Crippen MR) is 80.3 cm³/mol. The number of benzene rings is 1. The number of nitrogens with zero attached hydrogens (tertiary/aromatic N) is 1. The van der Waals surface area contributed by atoms with Crippen molar-refractivity contribution in [2.24, 2.45) is 12.8 Å². The largest absolute Gasteiger partial charge is 0.353 e. The van der Waals surface area contributed by atoms with Gasteiger partial charge in [-0.05, 0) is 36.8 Å². The summed E-state index contributed by atoms with van der Waals surface area (Å²) in [4.78, 5) is 10.7. The zero-order valence-corrected chi connectivity index (χ0v) is 11.8. The molecule has 0 aliphatic carbocycles. The Balaban J connectivity index is 1.93. The van der Waals surface area contributed by atoms with Crippen LogP contribution in [0.2, 0.25) is 0 Å². The van der Waals surface area contributed by atoms with Gasteiger partial charge >= 0.3 is 6.03 Å². The van der Waals surface area contributed by atoms with Gasteiger partial charge < -0.3 is 20.9 Å². The van der Waals surface area contributed by atoms with E-state index in [9.17, 15) is 4.79 Å². The van der Waals surface area contributed by atoms with E-state index in [0.717, 1.165) is 12.1 Å². The van der Waals surface area contributed by atoms with E-state index >= 15 is 0 Å². The summed E-state index contributed by atoms with van der Waals surface area (Å²) in [7, 11) is 2.03. The van der Waals surface area contributed by atoms with Crippen molar-refractivity contribution in [2.75, 3.05) is 5.32 Å². The van der Waals surface area contributed by atoms with Gasteiger partial charge in [0.15, 0.2) is 0 Å². The smallest absolute Gasteiger partial charge is 0.316 e. The fourth-order valence-corrected chi connectivity index (χ4v) is 2.05. The number of carbonyl (C=O) groups is 1. The van der Waals surface area contributed by atoms with Crippen LogP contribution >= 0.6 is 0 Å². The Morgan fingerprint density at radius 2 is 2.00 bits per heavy atom. The Morgan fingerprint density at radius 1 is 1.30 bits per heavy atom. The molecule has 20 heavy (non-hydrogen) atoms. The maximum atomic E-state index is 10.7. The molecule has 4 N–H and O–H groups in total. The number of hydrogen-bond acceptors (Lipinski definition) is 2. The molecule has 0 fully saturated rings. The van der Waals surface area contributed by atoms with Crippen LogP contribution in [0, 0.1) is 0 Å². The second-order valence-corrected chi connectivity index (χ2v) is 4.82. The lowest BCUT2D eigenvalue weighted by Crippen LogP contribution is -2.20. The van der Waals surface area contributed by atoms with Crippen molar-refractivity contribution < 1.29 is 4.79 Å². The van der Waals surface area contributed by atoms with Crippen LogP contribution in [-0.4, -0.2) is 10.6 Å². The van der Waals surface area contributed by atoms with Crippen LogP contribution in [0.3, 0.4) is 0 Å². The first-order valence-electron chi connectivity index (χ1n) is 6.56. The third kappa shape index (κ3) is 3.61. The van der Waals surface area contributed by atoms with Crippen LogP contribution in [-0.2, 0) is 13.6 Å². The summed E-state index contributed by atoms with van der Waals surface area (Å²) >= 11 is 0. The molecule has 0 aliphatic heterocycles. The summed E-state index contributed by atoms with van der Waals surface area (Å²) in [6, 6.07) is 11.5. The Hall–Kier alpha value is -2.27. The van der Waals surface area contributed by atoms with Crippen molar-refractivity contribution in [1.82, 2.24) is 9.88 Å². The molecule has 0 saturated carbocycles. The van der Waals surface area contributed by atoms with Crippen molar-refractivity contribution in [3.8, 4) is 0 Å². The average Bonchev–Trinajstić information content (AvgIpc) is 2.82. The van der Waals surface area contributed by atoms with Gasteiger partial charge in [0, 0.05) is 37.2 Å². The van der Waals surface area contributed by atoms with Crippen molar-refractivity contribution in [3.63, 3.8) is 0 Å². The number of primary amides is 1. The normalized spacial score (nSPS) is 12.1. The minimum Gasteiger partial charge on any atom is -0.353 e. The summed E-state index contributed by atoms with van der Waals surface area (Å²) in [6.45, 7) is 2.92. The summed E-state index contributed by atoms with van der Waals surface area (Å²) in [5.41, 5.74) is 8.18. The SMILES string of the molecule is CC(NCc1cccn1C)c1ccc(NC(N)=O)cc1. The molecule has 1 unspecified atom stereocenters. The molecule has 0 aliphatic rings. The highest BCUT2D eigenvalue weighted by Crippen LogP contribution is 2.16. The summed E-state index contributed by atoms with van der Waals surface area (Å²) in [6.07, 6.45) is 2.03. The molecule has 0 saturated heterocycles. The van der Waals surface area contributed by atoms with Crippen molar-refractivity contribution >= 4 is 11.7 Å².